The van der Waals surface area contributed by atoms with Gasteiger partial charge in [0.05, 0.1) is 45.0 Å². The monoisotopic (exact) mass is 499 g/mol. The summed E-state index contributed by atoms with van der Waals surface area (Å²) in [6.07, 6.45) is 1.92. The lowest BCUT2D eigenvalue weighted by Crippen LogP contribution is -1.94. The van der Waals surface area contributed by atoms with E-state index in [0.29, 0.717) is 5.71 Å². The first-order valence-electron chi connectivity index (χ1n) is 13.2. The van der Waals surface area contributed by atoms with Gasteiger partial charge in [-0.25, -0.2) is 4.98 Å². The highest BCUT2D eigenvalue weighted by molar-refractivity contribution is 6.13. The van der Waals surface area contributed by atoms with Crippen LogP contribution in [0.4, 0.5) is 0 Å². The molecule has 0 aliphatic carbocycles. The molecule has 0 radical (unpaired) electrons. The molecule has 4 heteroatoms. The van der Waals surface area contributed by atoms with Gasteiger partial charge >= 0.3 is 0 Å². The zero-order valence-corrected chi connectivity index (χ0v) is 20.9. The van der Waals surface area contributed by atoms with Crippen LogP contribution in [0.1, 0.15) is 0 Å². The third kappa shape index (κ3) is 2.75. The quantitative estimate of drug-likeness (QED) is 0.238. The second-order valence-corrected chi connectivity index (χ2v) is 10.0. The van der Waals surface area contributed by atoms with Gasteiger partial charge in [-0.15, -0.1) is 0 Å². The molecule has 182 valence electrons. The molecular formula is C35H21N3O. The number of hydrogen-bond acceptors (Lipinski definition) is 2. The molecule has 4 nitrogen and oxygen atoms in total. The van der Waals surface area contributed by atoms with Gasteiger partial charge in [-0.3, -0.25) is 0 Å². The maximum Gasteiger partial charge on any atom is 0.227 e. The summed E-state index contributed by atoms with van der Waals surface area (Å²) < 4.78 is 11.1. The molecule has 0 unspecified atom stereocenters. The van der Waals surface area contributed by atoms with Gasteiger partial charge in [0.2, 0.25) is 5.71 Å². The molecule has 0 bridgehead atoms. The number of aromatic nitrogens is 3. The van der Waals surface area contributed by atoms with Crippen LogP contribution >= 0.6 is 0 Å². The topological polar surface area (TPSA) is 35.9 Å². The van der Waals surface area contributed by atoms with Crippen LogP contribution in [-0.2, 0) is 0 Å². The second kappa shape index (κ2) is 7.59. The van der Waals surface area contributed by atoms with Crippen LogP contribution in [0.15, 0.2) is 132 Å². The van der Waals surface area contributed by atoms with E-state index in [1.807, 2.05) is 6.20 Å². The molecule has 0 aliphatic rings. The van der Waals surface area contributed by atoms with Crippen LogP contribution in [0.5, 0.6) is 0 Å². The van der Waals surface area contributed by atoms with E-state index in [-0.39, 0.29) is 0 Å². The molecule has 0 aliphatic heterocycles. The number of benzene rings is 5. The predicted octanol–water partition coefficient (Wildman–Crippen LogP) is 9.18. The molecule has 0 N–H and O–H groups in total. The third-order valence-corrected chi connectivity index (χ3v) is 7.98. The van der Waals surface area contributed by atoms with Crippen molar-refractivity contribution in [2.75, 3.05) is 0 Å². The fraction of sp³-hybridized carbons (Fsp3) is 0. The molecule has 0 atom stereocenters. The van der Waals surface area contributed by atoms with E-state index in [0.717, 1.165) is 38.8 Å². The first-order chi connectivity index (χ1) is 19.4. The first kappa shape index (κ1) is 20.7. The summed E-state index contributed by atoms with van der Waals surface area (Å²) in [6, 6.07) is 42.8. The van der Waals surface area contributed by atoms with E-state index < -0.39 is 0 Å². The van der Waals surface area contributed by atoms with Crippen molar-refractivity contribution in [3.63, 3.8) is 0 Å². The van der Waals surface area contributed by atoms with Crippen LogP contribution in [0.2, 0.25) is 0 Å². The number of pyridine rings is 1. The fourth-order valence-electron chi connectivity index (χ4n) is 6.34. The smallest absolute Gasteiger partial charge is 0.227 e. The number of nitrogens with zero attached hydrogens (tertiary/aromatic N) is 3. The molecule has 39 heavy (non-hydrogen) atoms. The molecule has 4 aromatic heterocycles. The van der Waals surface area contributed by atoms with Crippen LogP contribution in [0.25, 0.3) is 77.1 Å². The molecule has 9 aromatic rings. The van der Waals surface area contributed by atoms with Crippen molar-refractivity contribution < 1.29 is 4.42 Å². The Bertz CT molecular complexity index is 2300. The van der Waals surface area contributed by atoms with Crippen LogP contribution in [0, 0.1) is 0 Å². The summed E-state index contributed by atoms with van der Waals surface area (Å²) >= 11 is 0. The lowest BCUT2D eigenvalue weighted by atomic mass is 10.1. The standard InChI is InChI=1S/C35H21N3O/c1-5-15-29-23(10-1)24-11-2-6-16-30(24)37(29)22-20-28-27-14-9-19-33(34(27)39-35(28)36-21-22)38-31-17-7-3-12-25(31)26-13-4-8-18-32(26)38/h1-21H. The Kier molecular flexibility index (Phi) is 4.02. The summed E-state index contributed by atoms with van der Waals surface area (Å²) in [7, 11) is 0. The number of fused-ring (bicyclic) bond motifs is 9. The molecule has 0 amide bonds. The first-order valence-corrected chi connectivity index (χ1v) is 13.2. The highest BCUT2D eigenvalue weighted by Gasteiger charge is 2.19. The van der Waals surface area contributed by atoms with Crippen molar-refractivity contribution in [1.29, 1.82) is 0 Å². The molecule has 0 saturated carbocycles. The van der Waals surface area contributed by atoms with Crippen molar-refractivity contribution in [3.8, 4) is 11.4 Å². The molecule has 5 aromatic carbocycles. The number of hydrogen-bond donors (Lipinski definition) is 0. The Labute approximate surface area is 222 Å². The Morgan fingerprint density at radius 1 is 0.462 bits per heavy atom. The minimum atomic E-state index is 0.641. The van der Waals surface area contributed by atoms with E-state index >= 15 is 0 Å². The van der Waals surface area contributed by atoms with Crippen LogP contribution < -0.4 is 0 Å². The molecule has 0 fully saturated rings. The summed E-state index contributed by atoms with van der Waals surface area (Å²) in [4.78, 5) is 4.84. The molecule has 0 spiro atoms. The molecule has 0 saturated heterocycles. The molecule has 4 heterocycles. The van der Waals surface area contributed by atoms with Gasteiger partial charge in [0.25, 0.3) is 0 Å². The maximum absolute atomic E-state index is 6.51. The van der Waals surface area contributed by atoms with E-state index in [1.165, 1.54) is 32.6 Å². The lowest BCUT2D eigenvalue weighted by molar-refractivity contribution is 0.651. The van der Waals surface area contributed by atoms with Crippen LogP contribution in [-0.4, -0.2) is 14.1 Å². The predicted molar refractivity (Wildman–Crippen MR) is 160 cm³/mol. The van der Waals surface area contributed by atoms with Gasteiger partial charge in [0.1, 0.15) is 0 Å². The average Bonchev–Trinajstić information content (AvgIpc) is 3.65. The van der Waals surface area contributed by atoms with E-state index in [1.54, 1.807) is 0 Å². The summed E-state index contributed by atoms with van der Waals surface area (Å²) in [5, 5.41) is 6.99. The van der Waals surface area contributed by atoms with Gasteiger partial charge in [-0.1, -0.05) is 84.9 Å². The van der Waals surface area contributed by atoms with Gasteiger partial charge < -0.3 is 13.6 Å². The van der Waals surface area contributed by atoms with Crippen molar-refractivity contribution in [1.82, 2.24) is 14.1 Å². The Balaban J connectivity index is 1.34. The van der Waals surface area contributed by atoms with E-state index in [2.05, 4.69) is 130 Å². The zero-order chi connectivity index (χ0) is 25.5. The maximum atomic E-state index is 6.51. The second-order valence-electron chi connectivity index (χ2n) is 10.0. The lowest BCUT2D eigenvalue weighted by Gasteiger charge is -2.08. The average molecular weight is 500 g/mol. The van der Waals surface area contributed by atoms with Crippen molar-refractivity contribution in [2.24, 2.45) is 0 Å². The fourth-order valence-corrected chi connectivity index (χ4v) is 6.34. The van der Waals surface area contributed by atoms with Crippen molar-refractivity contribution >= 4 is 65.7 Å². The number of furan rings is 1. The highest BCUT2D eigenvalue weighted by Crippen LogP contribution is 2.39. The number of rotatable bonds is 2. The van der Waals surface area contributed by atoms with Crippen LogP contribution in [0.3, 0.4) is 0 Å². The van der Waals surface area contributed by atoms with Crippen molar-refractivity contribution in [2.45, 2.75) is 0 Å². The number of para-hydroxylation sites is 5. The van der Waals surface area contributed by atoms with Crippen molar-refractivity contribution in [3.05, 3.63) is 128 Å². The third-order valence-electron chi connectivity index (χ3n) is 7.98. The highest BCUT2D eigenvalue weighted by atomic mass is 16.3. The summed E-state index contributed by atoms with van der Waals surface area (Å²) in [6.45, 7) is 0. The SMILES string of the molecule is c1cc(-n2c3ccccc3c3ccccc32)c2oc3ncc(-n4c5ccccc5c5ccccc54)cc3c2c1. The Morgan fingerprint density at radius 3 is 1.51 bits per heavy atom. The van der Waals surface area contributed by atoms with E-state index in [4.69, 9.17) is 9.40 Å². The Hall–Kier alpha value is -5.35. The largest absolute Gasteiger partial charge is 0.435 e. The molecular weight excluding hydrogens is 478 g/mol. The minimum absolute atomic E-state index is 0.641. The van der Waals surface area contributed by atoms with E-state index in [9.17, 15) is 0 Å². The van der Waals surface area contributed by atoms with Gasteiger partial charge in [-0.05, 0) is 36.4 Å². The summed E-state index contributed by atoms with van der Waals surface area (Å²) in [5.74, 6) is 0. The van der Waals surface area contributed by atoms with Gasteiger partial charge in [-0.2, -0.15) is 0 Å². The van der Waals surface area contributed by atoms with Gasteiger partial charge in [0, 0.05) is 26.9 Å². The molecule has 9 rings (SSSR count). The Morgan fingerprint density at radius 2 is 0.949 bits per heavy atom. The summed E-state index contributed by atoms with van der Waals surface area (Å²) in [5.41, 5.74) is 8.16. The van der Waals surface area contributed by atoms with Gasteiger partial charge in [0.15, 0.2) is 5.58 Å². The normalized spacial score (nSPS) is 12.1. The zero-order valence-electron chi connectivity index (χ0n) is 20.9. The minimum Gasteiger partial charge on any atom is -0.435 e.